The van der Waals surface area contributed by atoms with Gasteiger partial charge in [-0.15, -0.1) is 0 Å². The molecule has 1 heterocycles. The number of cyclic esters (lactones) is 1. The smallest absolute Gasteiger partial charge is 0.407 e. The molecule has 0 spiro atoms. The number of carbonyl (C=O) groups excluding carboxylic acids is 13. The molecule has 105 heavy (non-hydrogen) atoms. The number of rotatable bonds is 25. The lowest BCUT2D eigenvalue weighted by Crippen LogP contribution is -2.64. The number of aliphatic hydroxyl groups is 4. The minimum Gasteiger partial charge on any atom is -0.481 e. The SMILES string of the molecule is CC(=O)O.CC[C@H](C)[C@@H]1NC(=O)[C@@H](CCCN=C(N)N)NC(=O)[C@H](CC(C)C)NC(=O)[C@H]([C@H](O)C(C)C)NC(=O)[C@@H](NC(=O)[C@H](CC(C)C)NC(=O)[C@@H](CNC(=O)OC(C)(C)C)Cc2ccccc2)[C@@H](c2ccccc2)OC(=O)[C@H](CO)NC(=O)[C@H]([C@H](O)C(N)=O)NC(=O)CNC(=O)[C@H]([C@H](C)O)NC1=O. The van der Waals surface area contributed by atoms with E-state index in [1.807, 2.05) is 10.6 Å². The summed E-state index contributed by atoms with van der Waals surface area (Å²) in [7, 11) is 0. The molecule has 12 amide bonds. The van der Waals surface area contributed by atoms with Crippen LogP contribution in [0.3, 0.4) is 0 Å². The summed E-state index contributed by atoms with van der Waals surface area (Å²) in [5.41, 5.74) is 16.1. The fourth-order valence-corrected chi connectivity index (χ4v) is 10.3. The molecule has 0 saturated carbocycles. The highest BCUT2D eigenvalue weighted by Gasteiger charge is 2.44. The molecule has 0 aromatic heterocycles. The van der Waals surface area contributed by atoms with Crippen molar-refractivity contribution in [2.45, 2.75) is 213 Å². The maximum absolute atomic E-state index is 15.6. The molecule has 0 radical (unpaired) electrons. The van der Waals surface area contributed by atoms with Gasteiger partial charge in [-0.3, -0.25) is 62.5 Å². The van der Waals surface area contributed by atoms with Crippen LogP contribution in [-0.2, 0) is 78.2 Å². The van der Waals surface area contributed by atoms with Gasteiger partial charge in [-0.25, -0.2) is 9.59 Å². The van der Waals surface area contributed by atoms with E-state index in [1.54, 1.807) is 92.6 Å². The number of carboxylic acids is 1. The average Bonchev–Trinajstić information content (AvgIpc) is 0.817. The van der Waals surface area contributed by atoms with E-state index in [4.69, 9.17) is 36.6 Å². The molecular weight excluding hydrogens is 1370 g/mol. The molecule has 3 rings (SSSR count). The number of hydrogen-bond acceptors (Lipinski definition) is 21. The Morgan fingerprint density at radius 1 is 0.667 bits per heavy atom. The zero-order valence-electron chi connectivity index (χ0n) is 61.7. The number of carbonyl (C=O) groups is 14. The maximum atomic E-state index is 15.6. The summed E-state index contributed by atoms with van der Waals surface area (Å²) in [6.07, 6.45) is -9.38. The van der Waals surface area contributed by atoms with E-state index >= 15 is 14.4 Å². The van der Waals surface area contributed by atoms with Gasteiger partial charge in [0.1, 0.15) is 53.9 Å². The van der Waals surface area contributed by atoms with E-state index in [9.17, 15) is 68.4 Å². The predicted octanol–water partition coefficient (Wildman–Crippen LogP) is -3.33. The highest BCUT2D eigenvalue weighted by atomic mass is 16.6. The van der Waals surface area contributed by atoms with Gasteiger partial charge in [-0.2, -0.15) is 0 Å². The number of alkyl carbamates (subject to hydrolysis) is 1. The summed E-state index contributed by atoms with van der Waals surface area (Å²) >= 11 is 0. The summed E-state index contributed by atoms with van der Waals surface area (Å²) in [6, 6.07) is -1.42. The van der Waals surface area contributed by atoms with Gasteiger partial charge < -0.3 is 111 Å². The Bertz CT molecular complexity index is 3270. The second-order valence-electron chi connectivity index (χ2n) is 27.6. The zero-order valence-corrected chi connectivity index (χ0v) is 61.7. The first-order valence-electron chi connectivity index (χ1n) is 34.5. The minimum atomic E-state index is -2.60. The number of nitrogens with zero attached hydrogens (tertiary/aromatic N) is 1. The molecule has 36 heteroatoms. The van der Waals surface area contributed by atoms with E-state index in [2.05, 4.69) is 52.8 Å². The van der Waals surface area contributed by atoms with Gasteiger partial charge in [0.15, 0.2) is 24.2 Å². The molecule has 0 aliphatic carbocycles. The predicted molar refractivity (Wildman–Crippen MR) is 380 cm³/mol. The summed E-state index contributed by atoms with van der Waals surface area (Å²) in [4.78, 5) is 199. The number of ether oxygens (including phenoxy) is 2. The lowest BCUT2D eigenvalue weighted by Gasteiger charge is -2.34. The summed E-state index contributed by atoms with van der Waals surface area (Å²) in [5, 5.41) is 78.7. The molecular formula is C69H109N15O21. The lowest BCUT2D eigenvalue weighted by molar-refractivity contribution is -0.159. The second kappa shape index (κ2) is 44.6. The van der Waals surface area contributed by atoms with Gasteiger partial charge in [-0.05, 0) is 94.6 Å². The van der Waals surface area contributed by atoms with Crippen molar-refractivity contribution in [2.75, 3.05) is 26.2 Å². The highest BCUT2D eigenvalue weighted by molar-refractivity contribution is 6.00. The molecule has 2 aromatic carbocycles. The molecule has 0 bridgehead atoms. The Kier molecular flexibility index (Phi) is 38.6. The van der Waals surface area contributed by atoms with Crippen LogP contribution in [-0.4, -0.2) is 219 Å². The van der Waals surface area contributed by atoms with Crippen LogP contribution in [0.5, 0.6) is 0 Å². The van der Waals surface area contributed by atoms with Crippen LogP contribution in [0, 0.1) is 29.6 Å². The first-order chi connectivity index (χ1) is 49.0. The average molecular weight is 1480 g/mol. The molecule has 586 valence electrons. The number of primary amides is 1. The van der Waals surface area contributed by atoms with Crippen LogP contribution in [0.2, 0.25) is 0 Å². The fraction of sp³-hybridized carbons (Fsp3) is 0.609. The van der Waals surface area contributed by atoms with Crippen LogP contribution in [0.15, 0.2) is 65.7 Å². The molecule has 1 aliphatic heterocycles. The van der Waals surface area contributed by atoms with Crippen molar-refractivity contribution in [3.8, 4) is 0 Å². The second-order valence-corrected chi connectivity index (χ2v) is 27.6. The number of aliphatic hydroxyl groups excluding tert-OH is 4. The molecule has 1 fully saturated rings. The van der Waals surface area contributed by atoms with Gasteiger partial charge in [0, 0.05) is 20.0 Å². The Morgan fingerprint density at radius 2 is 1.20 bits per heavy atom. The van der Waals surface area contributed by atoms with Crippen LogP contribution in [0.4, 0.5) is 4.79 Å². The zero-order chi connectivity index (χ0) is 79.7. The molecule has 15 atom stereocenters. The largest absolute Gasteiger partial charge is 0.481 e. The van der Waals surface area contributed by atoms with E-state index in [0.29, 0.717) is 5.56 Å². The molecule has 2 aromatic rings. The Labute approximate surface area is 610 Å². The van der Waals surface area contributed by atoms with Gasteiger partial charge in [0.25, 0.3) is 5.97 Å². The van der Waals surface area contributed by atoms with Crippen molar-refractivity contribution in [3.05, 3.63) is 71.8 Å². The minimum absolute atomic E-state index is 0.0208. The van der Waals surface area contributed by atoms with Crippen molar-refractivity contribution in [3.63, 3.8) is 0 Å². The van der Waals surface area contributed by atoms with E-state index in [1.165, 1.54) is 44.2 Å². The van der Waals surface area contributed by atoms with Crippen molar-refractivity contribution in [2.24, 2.45) is 51.8 Å². The third-order valence-electron chi connectivity index (χ3n) is 16.0. The number of nitrogens with two attached hydrogens (primary N) is 3. The first-order valence-corrected chi connectivity index (χ1v) is 34.5. The number of benzene rings is 2. The number of esters is 1. The van der Waals surface area contributed by atoms with Gasteiger partial charge in [0.2, 0.25) is 65.0 Å². The standard InChI is InChI=1S/C67H105N15O19.C2H4O2/c1-13-36(8)46-60(94)80-47(37(9)84)59(93)72-31-45(85)78-49(52(87)54(68)88)62(96)77-44(32-83)64(98)100-53(39-23-18-15-19-24-39)50(82-58(92)43(28-34(4)5)75-55(89)40(29-38-21-16-14-17-22-38)30-73-66(99)101-67(10,11)12)63(97)81-48(51(86)35(6)7)61(95)76-42(27-33(2)3)57(91)74-41(56(90)79-46)25-20-26-71-65(69)70;1-2(3)4/h14-19,21-24,33-37,40-44,46-53,83-84,86-87H,13,20,25-32H2,1-12H3,(H2,68,88)(H,72,93)(H,73,99)(H,74,91)(H,75,89)(H,76,95)(H,77,96)(H,78,85)(H,79,90)(H,80,94)(H,81,97)(H,82,92)(H4,69,70,71);1H3,(H,3,4)/t36-,37-,40+,41+,42-,43-,44-,46-,47-,48-,49-,50-,51+,52-,53+;/m0./s1. The monoisotopic (exact) mass is 1480 g/mol. The summed E-state index contributed by atoms with van der Waals surface area (Å²) < 4.78 is 11.4. The van der Waals surface area contributed by atoms with Crippen molar-refractivity contribution < 1.29 is 102 Å². The Morgan fingerprint density at radius 3 is 1.72 bits per heavy atom. The van der Waals surface area contributed by atoms with E-state index in [-0.39, 0.29) is 63.1 Å². The molecule has 0 unspecified atom stereocenters. The number of guanidine groups is 1. The van der Waals surface area contributed by atoms with E-state index in [0.717, 1.165) is 13.8 Å². The maximum Gasteiger partial charge on any atom is 0.407 e. The van der Waals surface area contributed by atoms with Gasteiger partial charge in [0.05, 0.1) is 31.3 Å². The van der Waals surface area contributed by atoms with Crippen molar-refractivity contribution in [1.82, 2.24) is 58.5 Å². The third-order valence-corrected chi connectivity index (χ3v) is 16.0. The molecule has 36 nitrogen and oxygen atoms in total. The quantitative estimate of drug-likeness (QED) is 0.0200. The number of nitrogens with one attached hydrogen (secondary N) is 11. The van der Waals surface area contributed by atoms with Crippen LogP contribution in [0.25, 0.3) is 0 Å². The van der Waals surface area contributed by atoms with Crippen LogP contribution < -0.4 is 75.7 Å². The molecule has 22 N–H and O–H groups in total. The van der Waals surface area contributed by atoms with Gasteiger partial charge in [-0.1, -0.05) is 122 Å². The molecule has 1 saturated heterocycles. The number of amides is 12. The van der Waals surface area contributed by atoms with Gasteiger partial charge >= 0.3 is 12.1 Å². The number of hydrogen-bond donors (Lipinski definition) is 19. The van der Waals surface area contributed by atoms with E-state index < -0.39 is 210 Å². The first kappa shape index (κ1) is 91.0. The van der Waals surface area contributed by atoms with Crippen LogP contribution >= 0.6 is 0 Å². The fourth-order valence-electron chi connectivity index (χ4n) is 10.3. The summed E-state index contributed by atoms with van der Waals surface area (Å²) in [6.45, 7) is 17.3. The number of carboxylic acid groups (broad SMARTS) is 1. The normalized spacial score (nSPS) is 22.6. The third kappa shape index (κ3) is 32.6. The summed E-state index contributed by atoms with van der Waals surface area (Å²) in [5.74, 6) is -19.5. The topological polar surface area (TPSA) is 581 Å². The van der Waals surface area contributed by atoms with Crippen LogP contribution in [0.1, 0.15) is 139 Å². The molecule has 1 aliphatic rings. The van der Waals surface area contributed by atoms with Crippen molar-refractivity contribution >= 4 is 89.0 Å². The Balaban J connectivity index is 0.00000911. The Hall–Kier alpha value is -10.1. The highest BCUT2D eigenvalue weighted by Crippen LogP contribution is 2.25. The van der Waals surface area contributed by atoms with Crippen molar-refractivity contribution in [1.29, 1.82) is 0 Å². The lowest BCUT2D eigenvalue weighted by atomic mass is 9.95. The number of aliphatic imine (C=N–C) groups is 1. The number of aliphatic carboxylic acids is 1.